The van der Waals surface area contributed by atoms with Gasteiger partial charge in [-0.05, 0) is 6.07 Å². The lowest BCUT2D eigenvalue weighted by Gasteiger charge is -2.15. The summed E-state index contributed by atoms with van der Waals surface area (Å²) in [4.78, 5) is 23.3. The molecule has 4 N–H and O–H groups in total. The summed E-state index contributed by atoms with van der Waals surface area (Å²) in [6.07, 6.45) is -4.15. The Kier molecular flexibility index (Phi) is 6.41. The lowest BCUT2D eigenvalue weighted by Crippen LogP contribution is -2.34. The molecule has 0 saturated carbocycles. The van der Waals surface area contributed by atoms with Gasteiger partial charge in [0, 0.05) is 19.0 Å². The summed E-state index contributed by atoms with van der Waals surface area (Å²) >= 11 is 0. The van der Waals surface area contributed by atoms with Gasteiger partial charge in [-0.25, -0.2) is 0 Å². The predicted octanol–water partition coefficient (Wildman–Crippen LogP) is 0.738. The number of anilines is 1. The van der Waals surface area contributed by atoms with Crippen LogP contribution in [0.2, 0.25) is 0 Å². The van der Waals surface area contributed by atoms with E-state index in [1.807, 2.05) is 0 Å². The van der Waals surface area contributed by atoms with E-state index in [9.17, 15) is 28.1 Å². The van der Waals surface area contributed by atoms with E-state index in [1.54, 1.807) is 0 Å². The van der Waals surface area contributed by atoms with Crippen molar-refractivity contribution in [2.45, 2.75) is 18.9 Å². The Balaban J connectivity index is 1.97. The number of hydrazine groups is 1. The van der Waals surface area contributed by atoms with E-state index in [4.69, 9.17) is 9.47 Å². The van der Waals surface area contributed by atoms with Crippen molar-refractivity contribution in [1.29, 1.82) is 0 Å². The normalized spacial score (nSPS) is 15.7. The molecule has 1 aromatic heterocycles. The summed E-state index contributed by atoms with van der Waals surface area (Å²) in [5.74, 6) is -0.449. The molecule has 1 fully saturated rings. The summed E-state index contributed by atoms with van der Waals surface area (Å²) in [6.45, 7) is 1.16. The molecule has 26 heavy (non-hydrogen) atoms. The van der Waals surface area contributed by atoms with Crippen LogP contribution in [0, 0.1) is 10.1 Å². The van der Waals surface area contributed by atoms with E-state index >= 15 is 0 Å². The molecule has 0 unspecified atom stereocenters. The zero-order valence-corrected chi connectivity index (χ0v) is 13.3. The second-order valence-corrected chi connectivity index (χ2v) is 5.11. The molecule has 0 atom stereocenters. The first-order chi connectivity index (χ1) is 12.2. The summed E-state index contributed by atoms with van der Waals surface area (Å²) in [5, 5.41) is 13.3. The van der Waals surface area contributed by atoms with E-state index in [0.717, 1.165) is 0 Å². The third-order valence-electron chi connectivity index (χ3n) is 3.12. The first-order valence-electron chi connectivity index (χ1n) is 7.40. The number of rotatable bonds is 8. The van der Waals surface area contributed by atoms with Gasteiger partial charge < -0.3 is 19.8 Å². The summed E-state index contributed by atoms with van der Waals surface area (Å²) < 4.78 is 48.5. The first kappa shape index (κ1) is 19.5. The Morgan fingerprint density at radius 2 is 2.08 bits per heavy atom. The SMILES string of the molecule is O=c1cc(C(F)(F)F)cc(NN/C(=C\[N+](=O)[O-])NCCC2OCCO2)[nH]1. The summed E-state index contributed by atoms with van der Waals surface area (Å²) in [5.41, 5.74) is 2.48. The standard InChI is InChI=1S/C13H16F3N5O5/c14-13(15,16)8-5-9(18-11(22)6-8)19-20-10(7-21(23)24)17-2-1-12-25-3-4-26-12/h5-7,12,17,20H,1-4H2,(H2,18,19,22)/b10-7-. The van der Waals surface area contributed by atoms with Crippen LogP contribution in [0.4, 0.5) is 19.0 Å². The van der Waals surface area contributed by atoms with Crippen molar-refractivity contribution in [1.82, 2.24) is 15.7 Å². The highest BCUT2D eigenvalue weighted by molar-refractivity contribution is 5.38. The van der Waals surface area contributed by atoms with Gasteiger partial charge in [0.2, 0.25) is 5.56 Å². The van der Waals surface area contributed by atoms with Crippen LogP contribution in [0.3, 0.4) is 0 Å². The first-order valence-corrected chi connectivity index (χ1v) is 7.40. The molecule has 1 aliphatic heterocycles. The van der Waals surface area contributed by atoms with Crippen LogP contribution in [0.25, 0.3) is 0 Å². The van der Waals surface area contributed by atoms with Gasteiger partial charge >= 0.3 is 6.18 Å². The fourth-order valence-electron chi connectivity index (χ4n) is 2.04. The van der Waals surface area contributed by atoms with Crippen molar-refractivity contribution in [3.63, 3.8) is 0 Å². The number of nitrogens with zero attached hydrogens (tertiary/aromatic N) is 1. The highest BCUT2D eigenvalue weighted by atomic mass is 19.4. The highest BCUT2D eigenvalue weighted by Crippen LogP contribution is 2.28. The third kappa shape index (κ3) is 6.25. The number of halogens is 3. The number of pyridine rings is 1. The predicted molar refractivity (Wildman–Crippen MR) is 82.2 cm³/mol. The maximum atomic E-state index is 12.7. The van der Waals surface area contributed by atoms with E-state index in [2.05, 4.69) is 21.2 Å². The lowest BCUT2D eigenvalue weighted by molar-refractivity contribution is -0.404. The van der Waals surface area contributed by atoms with Crippen molar-refractivity contribution < 1.29 is 27.6 Å². The maximum absolute atomic E-state index is 12.7. The van der Waals surface area contributed by atoms with Crippen LogP contribution in [-0.4, -0.2) is 36.0 Å². The minimum atomic E-state index is -4.70. The molecular formula is C13H16F3N5O5. The van der Waals surface area contributed by atoms with Gasteiger partial charge in [-0.2, -0.15) is 13.2 Å². The van der Waals surface area contributed by atoms with Gasteiger partial charge in [0.05, 0.1) is 23.7 Å². The molecule has 13 heteroatoms. The number of alkyl halides is 3. The second kappa shape index (κ2) is 8.53. The number of ether oxygens (including phenoxy) is 2. The largest absolute Gasteiger partial charge is 0.416 e. The smallest absolute Gasteiger partial charge is 0.365 e. The molecule has 0 spiro atoms. The minimum Gasteiger partial charge on any atom is -0.365 e. The molecule has 0 bridgehead atoms. The van der Waals surface area contributed by atoms with Crippen LogP contribution >= 0.6 is 0 Å². The topological polar surface area (TPSA) is 131 Å². The Hall–Kier alpha value is -2.80. The molecule has 0 aromatic carbocycles. The van der Waals surface area contributed by atoms with E-state index < -0.39 is 28.5 Å². The zero-order chi connectivity index (χ0) is 19.2. The third-order valence-corrected chi connectivity index (χ3v) is 3.12. The number of nitrogens with one attached hydrogen (secondary N) is 4. The highest BCUT2D eigenvalue weighted by Gasteiger charge is 2.31. The van der Waals surface area contributed by atoms with E-state index in [-0.39, 0.29) is 18.2 Å². The number of H-pyrrole nitrogens is 1. The van der Waals surface area contributed by atoms with Gasteiger partial charge in [-0.15, -0.1) is 0 Å². The van der Waals surface area contributed by atoms with E-state index in [1.165, 1.54) is 0 Å². The van der Waals surface area contributed by atoms with Gasteiger partial charge in [0.25, 0.3) is 6.20 Å². The van der Waals surface area contributed by atoms with Gasteiger partial charge in [0.15, 0.2) is 12.1 Å². The molecule has 2 rings (SSSR count). The van der Waals surface area contributed by atoms with Crippen LogP contribution in [0.15, 0.2) is 28.9 Å². The molecular weight excluding hydrogens is 363 g/mol. The zero-order valence-electron chi connectivity index (χ0n) is 13.3. The number of aromatic amines is 1. The monoisotopic (exact) mass is 379 g/mol. The number of nitro groups is 1. The molecule has 1 aromatic rings. The van der Waals surface area contributed by atoms with Crippen molar-refractivity contribution in [3.05, 3.63) is 50.2 Å². The van der Waals surface area contributed by atoms with Gasteiger partial charge in [0.1, 0.15) is 5.82 Å². The summed E-state index contributed by atoms with van der Waals surface area (Å²) in [7, 11) is 0. The molecule has 1 aliphatic rings. The molecule has 144 valence electrons. The maximum Gasteiger partial charge on any atom is 0.416 e. The fraction of sp³-hybridized carbons (Fsp3) is 0.462. The second-order valence-electron chi connectivity index (χ2n) is 5.11. The molecule has 10 nitrogen and oxygen atoms in total. The number of hydrogen-bond donors (Lipinski definition) is 4. The molecule has 0 aliphatic carbocycles. The van der Waals surface area contributed by atoms with E-state index in [0.29, 0.717) is 38.0 Å². The van der Waals surface area contributed by atoms with Crippen molar-refractivity contribution in [3.8, 4) is 0 Å². The quantitative estimate of drug-likeness (QED) is 0.384. The van der Waals surface area contributed by atoms with Crippen molar-refractivity contribution >= 4 is 5.82 Å². The van der Waals surface area contributed by atoms with Crippen LogP contribution in [-0.2, 0) is 15.7 Å². The molecule has 0 radical (unpaired) electrons. The summed E-state index contributed by atoms with van der Waals surface area (Å²) in [6, 6.07) is 1.05. The molecule has 1 saturated heterocycles. The minimum absolute atomic E-state index is 0.133. The average molecular weight is 379 g/mol. The Bertz CT molecular complexity index is 715. The van der Waals surface area contributed by atoms with Gasteiger partial charge in [-0.3, -0.25) is 25.8 Å². The molecule has 0 amide bonds. The fourth-order valence-corrected chi connectivity index (χ4v) is 2.04. The van der Waals surface area contributed by atoms with Gasteiger partial charge in [-0.1, -0.05) is 0 Å². The average Bonchev–Trinajstić information content (AvgIpc) is 3.04. The van der Waals surface area contributed by atoms with Crippen LogP contribution in [0.5, 0.6) is 0 Å². The Morgan fingerprint density at radius 1 is 1.38 bits per heavy atom. The Morgan fingerprint density at radius 3 is 2.69 bits per heavy atom. The van der Waals surface area contributed by atoms with Crippen molar-refractivity contribution in [2.24, 2.45) is 0 Å². The van der Waals surface area contributed by atoms with Crippen LogP contribution in [0.1, 0.15) is 12.0 Å². The number of hydrogen-bond acceptors (Lipinski definition) is 8. The van der Waals surface area contributed by atoms with Crippen LogP contribution < -0.4 is 21.7 Å². The Labute approximate surface area is 144 Å². The lowest BCUT2D eigenvalue weighted by atomic mass is 10.2. The molecule has 2 heterocycles. The number of aromatic nitrogens is 1. The van der Waals surface area contributed by atoms with Crippen molar-refractivity contribution in [2.75, 3.05) is 25.2 Å².